The van der Waals surface area contributed by atoms with Crippen LogP contribution in [0.3, 0.4) is 0 Å². The molecule has 0 aliphatic rings. The molecule has 0 unspecified atom stereocenters. The van der Waals surface area contributed by atoms with E-state index in [9.17, 15) is 10.1 Å². The first-order valence-corrected chi connectivity index (χ1v) is 5.95. The van der Waals surface area contributed by atoms with Gasteiger partial charge in [-0.2, -0.15) is 0 Å². The smallest absolute Gasteiger partial charge is 0.292 e. The molecule has 1 aromatic heterocycles. The first-order valence-electron chi connectivity index (χ1n) is 4.96. The van der Waals surface area contributed by atoms with Crippen LogP contribution in [0.2, 0.25) is 0 Å². The topological polar surface area (TPSA) is 113 Å². The predicted molar refractivity (Wildman–Crippen MR) is 65.9 cm³/mol. The number of nitrogens with zero attached hydrogens (tertiary/aromatic N) is 5. The van der Waals surface area contributed by atoms with E-state index in [0.717, 1.165) is 0 Å². The number of rotatable bonds is 4. The van der Waals surface area contributed by atoms with E-state index in [2.05, 4.69) is 15.5 Å². The van der Waals surface area contributed by atoms with Crippen molar-refractivity contribution in [2.45, 2.75) is 10.9 Å². The summed E-state index contributed by atoms with van der Waals surface area (Å²) in [7, 11) is 1.72. The molecular weight excluding hydrogens is 256 g/mol. The number of nitrogen functional groups attached to an aromatic ring is 1. The number of hydrogen-bond acceptors (Lipinski definition) is 7. The molecule has 0 bridgehead atoms. The molecule has 1 aromatic carbocycles. The molecular formula is C9H10N6O2S. The van der Waals surface area contributed by atoms with Crippen LogP contribution in [0.4, 0.5) is 11.4 Å². The number of nitrogens with two attached hydrogens (primary N) is 1. The van der Waals surface area contributed by atoms with Crippen molar-refractivity contribution in [3.8, 4) is 0 Å². The van der Waals surface area contributed by atoms with Crippen molar-refractivity contribution in [2.24, 2.45) is 7.05 Å². The van der Waals surface area contributed by atoms with Crippen molar-refractivity contribution in [3.05, 3.63) is 33.9 Å². The summed E-state index contributed by atoms with van der Waals surface area (Å²) in [5.41, 5.74) is 6.55. The van der Waals surface area contributed by atoms with Crippen LogP contribution in [0.15, 0.2) is 23.4 Å². The van der Waals surface area contributed by atoms with Gasteiger partial charge < -0.3 is 5.73 Å². The van der Waals surface area contributed by atoms with Crippen LogP contribution in [0.5, 0.6) is 0 Å². The van der Waals surface area contributed by atoms with Crippen LogP contribution in [0.1, 0.15) is 5.56 Å². The van der Waals surface area contributed by atoms with E-state index in [4.69, 9.17) is 5.73 Å². The Hall–Kier alpha value is -2.16. The monoisotopic (exact) mass is 266 g/mol. The SMILES string of the molecule is Cn1nnnc1SCc1cccc([N+](=O)[O-])c1N. The number of aryl methyl sites for hydroxylation is 1. The lowest BCUT2D eigenvalue weighted by Gasteiger charge is -2.04. The molecule has 8 nitrogen and oxygen atoms in total. The number of aromatic nitrogens is 4. The van der Waals surface area contributed by atoms with Crippen molar-refractivity contribution in [1.29, 1.82) is 0 Å². The summed E-state index contributed by atoms with van der Waals surface area (Å²) in [4.78, 5) is 10.3. The number of anilines is 1. The second-order valence-corrected chi connectivity index (χ2v) is 4.42. The number of nitro benzene ring substituents is 1. The summed E-state index contributed by atoms with van der Waals surface area (Å²) in [5, 5.41) is 22.4. The summed E-state index contributed by atoms with van der Waals surface area (Å²) in [6.07, 6.45) is 0. The van der Waals surface area contributed by atoms with Gasteiger partial charge in [-0.1, -0.05) is 23.9 Å². The minimum atomic E-state index is -0.493. The van der Waals surface area contributed by atoms with E-state index < -0.39 is 4.92 Å². The second kappa shape index (κ2) is 5.00. The van der Waals surface area contributed by atoms with Crippen molar-refractivity contribution in [3.63, 3.8) is 0 Å². The lowest BCUT2D eigenvalue weighted by Crippen LogP contribution is -2.00. The van der Waals surface area contributed by atoms with E-state index in [1.807, 2.05) is 0 Å². The zero-order chi connectivity index (χ0) is 13.1. The number of benzene rings is 1. The Kier molecular flexibility index (Phi) is 3.42. The Morgan fingerprint density at radius 2 is 2.33 bits per heavy atom. The van der Waals surface area contributed by atoms with Gasteiger partial charge in [0.25, 0.3) is 5.69 Å². The van der Waals surface area contributed by atoms with Crippen LogP contribution in [0, 0.1) is 10.1 Å². The van der Waals surface area contributed by atoms with Crippen LogP contribution in [-0.4, -0.2) is 25.1 Å². The molecule has 0 spiro atoms. The quantitative estimate of drug-likeness (QED) is 0.380. The lowest BCUT2D eigenvalue weighted by molar-refractivity contribution is -0.383. The van der Waals surface area contributed by atoms with Gasteiger partial charge in [0.05, 0.1) is 4.92 Å². The van der Waals surface area contributed by atoms with Crippen molar-refractivity contribution in [1.82, 2.24) is 20.2 Å². The Labute approximate surface area is 106 Å². The average Bonchev–Trinajstić information content (AvgIpc) is 2.73. The first kappa shape index (κ1) is 12.3. The molecule has 2 rings (SSSR count). The maximum atomic E-state index is 10.7. The van der Waals surface area contributed by atoms with Crippen LogP contribution < -0.4 is 5.73 Å². The number of tetrazole rings is 1. The summed E-state index contributed by atoms with van der Waals surface area (Å²) < 4.78 is 1.53. The van der Waals surface area contributed by atoms with Gasteiger partial charge in [-0.05, 0) is 16.0 Å². The molecule has 0 amide bonds. The van der Waals surface area contributed by atoms with Crippen LogP contribution in [-0.2, 0) is 12.8 Å². The minimum absolute atomic E-state index is 0.0795. The predicted octanol–water partition coefficient (Wildman–Crippen LogP) is 0.993. The fourth-order valence-electron chi connectivity index (χ4n) is 1.37. The Morgan fingerprint density at radius 3 is 2.94 bits per heavy atom. The zero-order valence-corrected chi connectivity index (χ0v) is 10.3. The molecule has 2 aromatic rings. The zero-order valence-electron chi connectivity index (χ0n) is 9.48. The molecule has 9 heteroatoms. The van der Waals surface area contributed by atoms with Crippen molar-refractivity contribution >= 4 is 23.1 Å². The third-order valence-electron chi connectivity index (χ3n) is 2.31. The maximum Gasteiger partial charge on any atom is 0.292 e. The van der Waals surface area contributed by atoms with Gasteiger partial charge in [0.2, 0.25) is 5.16 Å². The fraction of sp³-hybridized carbons (Fsp3) is 0.222. The molecule has 0 radical (unpaired) electrons. The fourth-order valence-corrected chi connectivity index (χ4v) is 2.22. The largest absolute Gasteiger partial charge is 0.393 e. The van der Waals surface area contributed by atoms with E-state index in [1.165, 1.54) is 22.5 Å². The third-order valence-corrected chi connectivity index (χ3v) is 3.37. The third kappa shape index (κ3) is 2.40. The van der Waals surface area contributed by atoms with Crippen LogP contribution in [0.25, 0.3) is 0 Å². The van der Waals surface area contributed by atoms with Crippen molar-refractivity contribution < 1.29 is 4.92 Å². The van der Waals surface area contributed by atoms with Gasteiger partial charge in [0.1, 0.15) is 5.69 Å². The minimum Gasteiger partial charge on any atom is -0.393 e. The molecule has 0 atom stereocenters. The number of thioether (sulfide) groups is 1. The van der Waals surface area contributed by atoms with Crippen LogP contribution >= 0.6 is 11.8 Å². The molecule has 0 fully saturated rings. The highest BCUT2D eigenvalue weighted by atomic mass is 32.2. The molecule has 2 N–H and O–H groups in total. The van der Waals surface area contributed by atoms with E-state index >= 15 is 0 Å². The Bertz CT molecular complexity index is 584. The van der Waals surface area contributed by atoms with E-state index in [1.54, 1.807) is 19.2 Å². The molecule has 0 aliphatic carbocycles. The molecule has 0 saturated heterocycles. The number of nitro groups is 1. The number of para-hydroxylation sites is 1. The lowest BCUT2D eigenvalue weighted by atomic mass is 10.2. The Morgan fingerprint density at radius 1 is 1.56 bits per heavy atom. The van der Waals surface area contributed by atoms with Gasteiger partial charge in [0.15, 0.2) is 0 Å². The molecule has 18 heavy (non-hydrogen) atoms. The second-order valence-electron chi connectivity index (χ2n) is 3.48. The summed E-state index contributed by atoms with van der Waals surface area (Å²) in [5.74, 6) is 0.474. The summed E-state index contributed by atoms with van der Waals surface area (Å²) in [6, 6.07) is 4.74. The molecule has 0 saturated carbocycles. The molecule has 1 heterocycles. The maximum absolute atomic E-state index is 10.7. The highest BCUT2D eigenvalue weighted by molar-refractivity contribution is 7.98. The standard InChI is InChI=1S/C9H10N6O2S/c1-14-9(11-12-13-14)18-5-6-3-2-4-7(8(6)10)15(16)17/h2-4H,5,10H2,1H3. The Balaban J connectivity index is 2.17. The molecule has 94 valence electrons. The van der Waals surface area contributed by atoms with E-state index in [0.29, 0.717) is 16.5 Å². The first-order chi connectivity index (χ1) is 8.59. The summed E-state index contributed by atoms with van der Waals surface area (Å²) >= 11 is 1.37. The molecule has 0 aliphatic heterocycles. The van der Waals surface area contributed by atoms with Gasteiger partial charge in [0, 0.05) is 18.9 Å². The highest BCUT2D eigenvalue weighted by Gasteiger charge is 2.15. The van der Waals surface area contributed by atoms with Gasteiger partial charge in [-0.25, -0.2) is 4.68 Å². The van der Waals surface area contributed by atoms with E-state index in [-0.39, 0.29) is 11.4 Å². The normalized spacial score (nSPS) is 10.5. The highest BCUT2D eigenvalue weighted by Crippen LogP contribution is 2.29. The summed E-state index contributed by atoms with van der Waals surface area (Å²) in [6.45, 7) is 0. The van der Waals surface area contributed by atoms with Gasteiger partial charge in [-0.15, -0.1) is 5.10 Å². The van der Waals surface area contributed by atoms with Gasteiger partial charge in [-0.3, -0.25) is 10.1 Å². The average molecular weight is 266 g/mol. The van der Waals surface area contributed by atoms with Gasteiger partial charge >= 0.3 is 0 Å². The number of hydrogen-bond donors (Lipinski definition) is 1. The van der Waals surface area contributed by atoms with Crippen molar-refractivity contribution in [2.75, 3.05) is 5.73 Å².